The lowest BCUT2D eigenvalue weighted by Crippen LogP contribution is -2.49. The molecule has 0 bridgehead atoms. The van der Waals surface area contributed by atoms with E-state index in [2.05, 4.69) is 0 Å². The molecule has 0 aliphatic heterocycles. The molecule has 1 aromatic carbocycles. The van der Waals surface area contributed by atoms with Crippen molar-refractivity contribution in [2.75, 3.05) is 6.54 Å². The van der Waals surface area contributed by atoms with Crippen molar-refractivity contribution < 1.29 is 27.5 Å². The monoisotopic (exact) mass is 307 g/mol. The summed E-state index contributed by atoms with van der Waals surface area (Å²) in [6, 6.07) is 2.70. The second kappa shape index (κ2) is 6.01. The average Bonchev–Trinajstić information content (AvgIpc) is 2.35. The lowest BCUT2D eigenvalue weighted by atomic mass is 10.0. The van der Waals surface area contributed by atoms with Crippen molar-refractivity contribution in [3.8, 4) is 0 Å². The molecule has 0 radical (unpaired) electrons. The molecule has 7 heteroatoms. The van der Waals surface area contributed by atoms with Gasteiger partial charge in [-0.3, -0.25) is 9.69 Å². The van der Waals surface area contributed by atoms with Crippen LogP contribution in [0.5, 0.6) is 0 Å². The third-order valence-corrected chi connectivity index (χ3v) is 3.41. The van der Waals surface area contributed by atoms with Crippen LogP contribution in [0.3, 0.4) is 0 Å². The predicted octanol–water partition coefficient (Wildman–Crippen LogP) is 3.53. The fourth-order valence-corrected chi connectivity index (χ4v) is 1.95. The Labute approximate surface area is 120 Å². The molecule has 0 amide bonds. The lowest BCUT2D eigenvalue weighted by molar-refractivity contribution is -0.149. The van der Waals surface area contributed by atoms with Crippen molar-refractivity contribution in [1.82, 2.24) is 4.90 Å². The number of likely N-dealkylation sites (N-methyl/N-ethyl adjacent to an activating group) is 1. The van der Waals surface area contributed by atoms with Crippen molar-refractivity contribution in [3.05, 3.63) is 35.1 Å². The Hall–Kier alpha value is -1.63. The smallest absolute Gasteiger partial charge is 0.419 e. The van der Waals surface area contributed by atoms with Gasteiger partial charge in [-0.05, 0) is 38.1 Å². The van der Waals surface area contributed by atoms with Crippen molar-refractivity contribution in [1.29, 1.82) is 0 Å². The number of aliphatic carboxylic acids is 1. The summed E-state index contributed by atoms with van der Waals surface area (Å²) >= 11 is 0. The fraction of sp³-hybridized carbons (Fsp3) is 0.500. The minimum Gasteiger partial charge on any atom is -0.480 e. The minimum absolute atomic E-state index is 0.0147. The van der Waals surface area contributed by atoms with Crippen LogP contribution in [0.25, 0.3) is 0 Å². The molecule has 0 fully saturated rings. The molecule has 1 aromatic rings. The maximum Gasteiger partial charge on any atom is 0.419 e. The molecule has 0 saturated carbocycles. The number of halogens is 4. The molecule has 3 nitrogen and oxygen atoms in total. The van der Waals surface area contributed by atoms with Crippen LogP contribution in [-0.2, 0) is 17.5 Å². The highest BCUT2D eigenvalue weighted by Gasteiger charge is 2.36. The number of hydrogen-bond acceptors (Lipinski definition) is 2. The molecular formula is C14H17F4NO2. The number of carboxylic acid groups (broad SMARTS) is 1. The quantitative estimate of drug-likeness (QED) is 0.846. The molecular weight excluding hydrogens is 290 g/mol. The van der Waals surface area contributed by atoms with E-state index in [0.717, 1.165) is 12.1 Å². The maximum atomic E-state index is 13.2. The van der Waals surface area contributed by atoms with E-state index in [1.807, 2.05) is 0 Å². The fourth-order valence-electron chi connectivity index (χ4n) is 1.95. The Morgan fingerprint density at radius 1 is 1.29 bits per heavy atom. The van der Waals surface area contributed by atoms with Gasteiger partial charge in [-0.15, -0.1) is 0 Å². The zero-order valence-electron chi connectivity index (χ0n) is 12.0. The van der Waals surface area contributed by atoms with Crippen LogP contribution < -0.4 is 0 Å². The van der Waals surface area contributed by atoms with E-state index in [1.165, 1.54) is 24.8 Å². The third-order valence-electron chi connectivity index (χ3n) is 3.41. The van der Waals surface area contributed by atoms with E-state index in [-0.39, 0.29) is 12.1 Å². The van der Waals surface area contributed by atoms with Crippen LogP contribution in [0.15, 0.2) is 18.2 Å². The van der Waals surface area contributed by atoms with Crippen LogP contribution in [0, 0.1) is 5.82 Å². The van der Waals surface area contributed by atoms with Crippen molar-refractivity contribution in [2.45, 2.75) is 39.0 Å². The van der Waals surface area contributed by atoms with Gasteiger partial charge in [0.2, 0.25) is 0 Å². The normalized spacial score (nSPS) is 12.8. The Balaban J connectivity index is 3.10. The van der Waals surface area contributed by atoms with Gasteiger partial charge in [0, 0.05) is 6.54 Å². The molecule has 0 unspecified atom stereocenters. The first-order valence-electron chi connectivity index (χ1n) is 6.34. The number of rotatable bonds is 5. The number of alkyl halides is 3. The van der Waals surface area contributed by atoms with E-state index in [9.17, 15) is 22.4 Å². The van der Waals surface area contributed by atoms with E-state index in [1.54, 1.807) is 6.92 Å². The van der Waals surface area contributed by atoms with Crippen molar-refractivity contribution in [3.63, 3.8) is 0 Å². The summed E-state index contributed by atoms with van der Waals surface area (Å²) in [6.45, 7) is 4.95. The van der Waals surface area contributed by atoms with Gasteiger partial charge in [0.05, 0.1) is 5.56 Å². The summed E-state index contributed by atoms with van der Waals surface area (Å²) in [4.78, 5) is 12.7. The summed E-state index contributed by atoms with van der Waals surface area (Å²) in [7, 11) is 0. The highest BCUT2D eigenvalue weighted by atomic mass is 19.4. The molecule has 21 heavy (non-hydrogen) atoms. The third kappa shape index (κ3) is 3.93. The van der Waals surface area contributed by atoms with E-state index in [4.69, 9.17) is 5.11 Å². The first-order valence-corrected chi connectivity index (χ1v) is 6.34. The SMILES string of the molecule is CCN(Cc1ccc(F)c(C(F)(F)F)c1)C(C)(C)C(=O)O. The van der Waals surface area contributed by atoms with Gasteiger partial charge >= 0.3 is 12.1 Å². The van der Waals surface area contributed by atoms with Gasteiger partial charge in [0.1, 0.15) is 11.4 Å². The minimum atomic E-state index is -4.78. The summed E-state index contributed by atoms with van der Waals surface area (Å²) in [5.74, 6) is -2.42. The first-order chi connectivity index (χ1) is 9.50. The van der Waals surface area contributed by atoms with Gasteiger partial charge in [0.15, 0.2) is 0 Å². The number of hydrogen-bond donors (Lipinski definition) is 1. The second-order valence-corrected chi connectivity index (χ2v) is 5.19. The van der Waals surface area contributed by atoms with Crippen molar-refractivity contribution >= 4 is 5.97 Å². The molecule has 0 saturated heterocycles. The Kier molecular flexibility index (Phi) is 4.99. The number of carboxylic acids is 1. The summed E-state index contributed by atoms with van der Waals surface area (Å²) in [5, 5.41) is 9.17. The average molecular weight is 307 g/mol. The summed E-state index contributed by atoms with van der Waals surface area (Å²) < 4.78 is 51.2. The molecule has 0 spiro atoms. The van der Waals surface area contributed by atoms with Crippen LogP contribution in [0.1, 0.15) is 31.9 Å². The second-order valence-electron chi connectivity index (χ2n) is 5.19. The Bertz CT molecular complexity index is 526. The molecule has 0 aliphatic carbocycles. The largest absolute Gasteiger partial charge is 0.480 e. The Morgan fingerprint density at radius 2 is 1.86 bits per heavy atom. The standard InChI is InChI=1S/C14H17F4NO2/c1-4-19(13(2,3)12(20)21)8-9-5-6-11(15)10(7-9)14(16,17)18/h5-7H,4,8H2,1-3H3,(H,20,21). The molecule has 0 atom stereocenters. The highest BCUT2D eigenvalue weighted by Crippen LogP contribution is 2.32. The topological polar surface area (TPSA) is 40.5 Å². The van der Waals surface area contributed by atoms with E-state index < -0.39 is 29.1 Å². The van der Waals surface area contributed by atoms with Gasteiger partial charge in [-0.2, -0.15) is 13.2 Å². The van der Waals surface area contributed by atoms with E-state index >= 15 is 0 Å². The van der Waals surface area contributed by atoms with Crippen LogP contribution >= 0.6 is 0 Å². The van der Waals surface area contributed by atoms with Gasteiger partial charge < -0.3 is 5.11 Å². The van der Waals surface area contributed by atoms with Crippen LogP contribution in [0.4, 0.5) is 17.6 Å². The van der Waals surface area contributed by atoms with Gasteiger partial charge in [-0.25, -0.2) is 4.39 Å². The summed E-state index contributed by atoms with van der Waals surface area (Å²) in [6.07, 6.45) is -4.78. The first kappa shape index (κ1) is 17.4. The summed E-state index contributed by atoms with van der Waals surface area (Å²) in [5.41, 5.74) is -2.37. The predicted molar refractivity (Wildman–Crippen MR) is 69.2 cm³/mol. The molecule has 1 rings (SSSR count). The molecule has 0 aliphatic rings. The molecule has 0 aromatic heterocycles. The molecule has 0 heterocycles. The van der Waals surface area contributed by atoms with Crippen LogP contribution in [-0.4, -0.2) is 28.1 Å². The van der Waals surface area contributed by atoms with E-state index in [0.29, 0.717) is 6.54 Å². The maximum absolute atomic E-state index is 13.2. The van der Waals surface area contributed by atoms with Crippen molar-refractivity contribution in [2.24, 2.45) is 0 Å². The number of nitrogens with zero attached hydrogens (tertiary/aromatic N) is 1. The zero-order valence-corrected chi connectivity index (χ0v) is 12.0. The zero-order chi connectivity index (χ0) is 16.4. The highest BCUT2D eigenvalue weighted by molar-refractivity contribution is 5.77. The van der Waals surface area contributed by atoms with Crippen LogP contribution in [0.2, 0.25) is 0 Å². The lowest BCUT2D eigenvalue weighted by Gasteiger charge is -2.34. The molecule has 1 N–H and O–H groups in total. The number of benzene rings is 1. The van der Waals surface area contributed by atoms with Gasteiger partial charge in [-0.1, -0.05) is 13.0 Å². The molecule has 118 valence electrons. The number of carbonyl (C=O) groups is 1. The Morgan fingerprint density at radius 3 is 2.29 bits per heavy atom. The van der Waals surface area contributed by atoms with Gasteiger partial charge in [0.25, 0.3) is 0 Å².